The topological polar surface area (TPSA) is 38.9 Å². The van der Waals surface area contributed by atoms with E-state index in [4.69, 9.17) is 17.3 Å². The maximum Gasteiger partial charge on any atom is 0.433 e. The molecule has 6 heteroatoms. The lowest BCUT2D eigenvalue weighted by atomic mass is 10.1. The molecule has 2 N–H and O–H groups in total. The third kappa shape index (κ3) is 2.02. The van der Waals surface area contributed by atoms with Crippen LogP contribution in [0.15, 0.2) is 18.2 Å². The molecule has 1 aromatic heterocycles. The van der Waals surface area contributed by atoms with Gasteiger partial charge >= 0.3 is 6.18 Å². The molecule has 0 radical (unpaired) electrons. The number of rotatable bonds is 0. The number of alkyl halides is 3. The second-order valence-corrected chi connectivity index (χ2v) is 4.07. The summed E-state index contributed by atoms with van der Waals surface area (Å²) in [4.78, 5) is 3.58. The quantitative estimate of drug-likeness (QED) is 0.782. The highest BCUT2D eigenvalue weighted by atomic mass is 35.5. The number of hydrogen-bond donors (Lipinski definition) is 1. The number of aromatic nitrogens is 1. The fraction of sp³-hybridized carbons (Fsp3) is 0.182. The Bertz CT molecular complexity index is 593. The van der Waals surface area contributed by atoms with Gasteiger partial charge in [-0.3, -0.25) is 0 Å². The highest BCUT2D eigenvalue weighted by Crippen LogP contribution is 2.34. The first kappa shape index (κ1) is 12.0. The van der Waals surface area contributed by atoms with E-state index in [0.717, 1.165) is 6.07 Å². The first-order valence-electron chi connectivity index (χ1n) is 4.73. The molecule has 0 bridgehead atoms. The molecule has 0 amide bonds. The molecule has 0 aliphatic rings. The largest absolute Gasteiger partial charge is 0.433 e. The van der Waals surface area contributed by atoms with Crippen molar-refractivity contribution in [2.24, 2.45) is 0 Å². The monoisotopic (exact) mass is 260 g/mol. The summed E-state index contributed by atoms with van der Waals surface area (Å²) in [5.41, 5.74) is 5.30. The maximum absolute atomic E-state index is 12.6. The smallest absolute Gasteiger partial charge is 0.398 e. The standard InChI is InChI=1S/C11H8ClF3N2/c1-5-7(12)3-2-6-8(16)4-9(11(13,14)15)17-10(5)6/h2-4H,1H3,(H2,16,17). The summed E-state index contributed by atoms with van der Waals surface area (Å²) in [6.45, 7) is 1.61. The Kier molecular flexibility index (Phi) is 2.66. The summed E-state index contributed by atoms with van der Waals surface area (Å²) < 4.78 is 37.7. The van der Waals surface area contributed by atoms with Gasteiger partial charge in [0.25, 0.3) is 0 Å². The molecule has 0 fully saturated rings. The normalized spacial score (nSPS) is 12.1. The molecule has 0 aliphatic carbocycles. The van der Waals surface area contributed by atoms with E-state index < -0.39 is 11.9 Å². The van der Waals surface area contributed by atoms with E-state index in [1.165, 1.54) is 0 Å². The van der Waals surface area contributed by atoms with Crippen molar-refractivity contribution in [3.8, 4) is 0 Å². The van der Waals surface area contributed by atoms with Crippen molar-refractivity contribution in [1.29, 1.82) is 0 Å². The van der Waals surface area contributed by atoms with Crippen molar-refractivity contribution in [2.45, 2.75) is 13.1 Å². The first-order chi connectivity index (χ1) is 7.80. The lowest BCUT2D eigenvalue weighted by Crippen LogP contribution is -2.09. The Hall–Kier alpha value is -1.49. The van der Waals surface area contributed by atoms with Gasteiger partial charge in [0, 0.05) is 16.1 Å². The van der Waals surface area contributed by atoms with Gasteiger partial charge in [0.1, 0.15) is 5.69 Å². The Labute approximate surface area is 100 Å². The van der Waals surface area contributed by atoms with Crippen LogP contribution in [-0.4, -0.2) is 4.98 Å². The number of nitrogens with zero attached hydrogens (tertiary/aromatic N) is 1. The molecule has 0 saturated carbocycles. The van der Waals surface area contributed by atoms with Gasteiger partial charge in [0.05, 0.1) is 5.52 Å². The Morgan fingerprint density at radius 3 is 2.53 bits per heavy atom. The van der Waals surface area contributed by atoms with E-state index in [1.54, 1.807) is 19.1 Å². The summed E-state index contributed by atoms with van der Waals surface area (Å²) in [6.07, 6.45) is -4.52. The van der Waals surface area contributed by atoms with Crippen LogP contribution in [0.2, 0.25) is 5.02 Å². The van der Waals surface area contributed by atoms with E-state index in [1.807, 2.05) is 0 Å². The summed E-state index contributed by atoms with van der Waals surface area (Å²) in [5.74, 6) is 0. The number of pyridine rings is 1. The highest BCUT2D eigenvalue weighted by Gasteiger charge is 2.33. The van der Waals surface area contributed by atoms with Crippen LogP contribution in [0.5, 0.6) is 0 Å². The van der Waals surface area contributed by atoms with Crippen LogP contribution in [0.4, 0.5) is 18.9 Å². The SMILES string of the molecule is Cc1c(Cl)ccc2c(N)cc(C(F)(F)F)nc12. The zero-order valence-corrected chi connectivity index (χ0v) is 9.52. The van der Waals surface area contributed by atoms with Gasteiger partial charge < -0.3 is 5.73 Å². The lowest BCUT2D eigenvalue weighted by Gasteiger charge is -2.11. The molecular formula is C11H8ClF3N2. The number of benzene rings is 1. The number of nitrogens with two attached hydrogens (primary N) is 1. The number of hydrogen-bond acceptors (Lipinski definition) is 2. The molecule has 0 saturated heterocycles. The van der Waals surface area contributed by atoms with Gasteiger partial charge in [-0.2, -0.15) is 13.2 Å². The van der Waals surface area contributed by atoms with Gasteiger partial charge in [0.15, 0.2) is 0 Å². The van der Waals surface area contributed by atoms with E-state index in [9.17, 15) is 13.2 Å². The molecule has 2 aromatic rings. The number of nitrogen functional groups attached to an aromatic ring is 1. The van der Waals surface area contributed by atoms with Crippen molar-refractivity contribution < 1.29 is 13.2 Å². The summed E-state index contributed by atoms with van der Waals surface area (Å²) >= 11 is 5.84. The molecule has 2 rings (SSSR count). The van der Waals surface area contributed by atoms with Crippen molar-refractivity contribution in [1.82, 2.24) is 4.98 Å². The summed E-state index contributed by atoms with van der Waals surface area (Å²) in [7, 11) is 0. The molecule has 1 aromatic carbocycles. The molecule has 17 heavy (non-hydrogen) atoms. The van der Waals surface area contributed by atoms with Crippen LogP contribution in [0.3, 0.4) is 0 Å². The fourth-order valence-corrected chi connectivity index (χ4v) is 1.73. The lowest BCUT2D eigenvalue weighted by molar-refractivity contribution is -0.140. The van der Waals surface area contributed by atoms with Crippen LogP contribution >= 0.6 is 11.6 Å². The molecule has 2 nitrogen and oxygen atoms in total. The average Bonchev–Trinajstić information content (AvgIpc) is 2.22. The zero-order valence-electron chi connectivity index (χ0n) is 8.77. The molecule has 0 spiro atoms. The van der Waals surface area contributed by atoms with E-state index in [2.05, 4.69) is 4.98 Å². The molecule has 90 valence electrons. The first-order valence-corrected chi connectivity index (χ1v) is 5.11. The van der Waals surface area contributed by atoms with E-state index in [-0.39, 0.29) is 11.2 Å². The van der Waals surface area contributed by atoms with Crippen molar-refractivity contribution in [2.75, 3.05) is 5.73 Å². The van der Waals surface area contributed by atoms with Crippen LogP contribution in [0.25, 0.3) is 10.9 Å². The predicted octanol–water partition coefficient (Wildman–Crippen LogP) is 3.80. The van der Waals surface area contributed by atoms with Gasteiger partial charge in [-0.15, -0.1) is 0 Å². The highest BCUT2D eigenvalue weighted by molar-refractivity contribution is 6.32. The van der Waals surface area contributed by atoms with Gasteiger partial charge in [0.2, 0.25) is 0 Å². The number of halogens is 4. The Morgan fingerprint density at radius 1 is 1.29 bits per heavy atom. The van der Waals surface area contributed by atoms with E-state index >= 15 is 0 Å². The van der Waals surface area contributed by atoms with Crippen LogP contribution in [-0.2, 0) is 6.18 Å². The third-order valence-electron chi connectivity index (χ3n) is 2.49. The molecular weight excluding hydrogens is 253 g/mol. The average molecular weight is 261 g/mol. The fourth-order valence-electron chi connectivity index (χ4n) is 1.58. The van der Waals surface area contributed by atoms with Crippen LogP contribution in [0, 0.1) is 6.92 Å². The second-order valence-electron chi connectivity index (χ2n) is 3.66. The number of fused-ring (bicyclic) bond motifs is 1. The van der Waals surface area contributed by atoms with Gasteiger partial charge in [-0.05, 0) is 30.7 Å². The molecule has 0 aliphatic heterocycles. The minimum atomic E-state index is -4.52. The Morgan fingerprint density at radius 2 is 1.94 bits per heavy atom. The second kappa shape index (κ2) is 3.77. The van der Waals surface area contributed by atoms with Gasteiger partial charge in [-0.1, -0.05) is 11.6 Å². The van der Waals surface area contributed by atoms with Crippen molar-refractivity contribution in [3.63, 3.8) is 0 Å². The van der Waals surface area contributed by atoms with Crippen molar-refractivity contribution in [3.05, 3.63) is 34.5 Å². The minimum Gasteiger partial charge on any atom is -0.398 e. The Balaban J connectivity index is 2.84. The summed E-state index contributed by atoms with van der Waals surface area (Å²) in [6, 6.07) is 3.98. The van der Waals surface area contributed by atoms with E-state index in [0.29, 0.717) is 16.0 Å². The van der Waals surface area contributed by atoms with Gasteiger partial charge in [-0.25, -0.2) is 4.98 Å². The molecule has 1 heterocycles. The third-order valence-corrected chi connectivity index (χ3v) is 2.90. The minimum absolute atomic E-state index is 0.0436. The maximum atomic E-state index is 12.6. The number of aryl methyl sites for hydroxylation is 1. The summed E-state index contributed by atoms with van der Waals surface area (Å²) in [5, 5.41) is 0.837. The molecule has 0 atom stereocenters. The number of anilines is 1. The zero-order chi connectivity index (χ0) is 12.8. The molecule has 0 unspecified atom stereocenters. The predicted molar refractivity (Wildman–Crippen MR) is 60.9 cm³/mol. The van der Waals surface area contributed by atoms with Crippen molar-refractivity contribution >= 4 is 28.2 Å². The van der Waals surface area contributed by atoms with Crippen LogP contribution in [0.1, 0.15) is 11.3 Å². The van der Waals surface area contributed by atoms with Crippen LogP contribution < -0.4 is 5.73 Å².